The quantitative estimate of drug-likeness (QED) is 0.483. The Bertz CT molecular complexity index is 182. The number of aliphatic carboxylic acids is 2. The van der Waals surface area contributed by atoms with E-state index >= 15 is 0 Å². The van der Waals surface area contributed by atoms with E-state index in [1.165, 1.54) is 0 Å². The van der Waals surface area contributed by atoms with E-state index in [-0.39, 0.29) is 51.4 Å². The van der Waals surface area contributed by atoms with Crippen molar-refractivity contribution >= 4 is 11.9 Å². The molecule has 2 unspecified atom stereocenters. The molecule has 13 heavy (non-hydrogen) atoms. The largest absolute Gasteiger partial charge is 1.00 e. The molecule has 4 nitrogen and oxygen atoms in total. The summed E-state index contributed by atoms with van der Waals surface area (Å²) in [6.07, 6.45) is 2.51. The van der Waals surface area contributed by atoms with Crippen molar-refractivity contribution in [1.29, 1.82) is 0 Å². The van der Waals surface area contributed by atoms with Crippen LogP contribution in [0.1, 0.15) is 25.7 Å². The van der Waals surface area contributed by atoms with Crippen molar-refractivity contribution in [1.82, 2.24) is 0 Å². The normalized spacial score (nSPS) is 27.4. The summed E-state index contributed by atoms with van der Waals surface area (Å²) in [5.74, 6) is -3.74. The van der Waals surface area contributed by atoms with Gasteiger partial charge in [0.25, 0.3) is 0 Å². The van der Waals surface area contributed by atoms with Crippen LogP contribution in [0.5, 0.6) is 0 Å². The molecule has 5 heteroatoms. The molecule has 0 aromatic heterocycles. The van der Waals surface area contributed by atoms with Crippen LogP contribution in [-0.2, 0) is 9.59 Å². The maximum absolute atomic E-state index is 10.6. The van der Waals surface area contributed by atoms with E-state index in [0.29, 0.717) is 12.8 Å². The predicted octanol–water partition coefficient (Wildman–Crippen LogP) is -3.37. The fraction of sp³-hybridized carbons (Fsp3) is 0.750. The van der Waals surface area contributed by atoms with Gasteiger partial charge in [0.05, 0.1) is 5.92 Å². The Hall–Kier alpha value is 0.576. The Morgan fingerprint density at radius 2 is 1.62 bits per heavy atom. The van der Waals surface area contributed by atoms with Crippen molar-refractivity contribution in [3.63, 3.8) is 0 Å². The number of hydrogen-bond donors (Lipinski definition) is 1. The summed E-state index contributed by atoms with van der Waals surface area (Å²) in [6.45, 7) is 0. The topological polar surface area (TPSA) is 77.4 Å². The molecule has 1 fully saturated rings. The van der Waals surface area contributed by atoms with Crippen LogP contribution in [0.25, 0.3) is 0 Å². The van der Waals surface area contributed by atoms with Gasteiger partial charge in [-0.1, -0.05) is 12.8 Å². The van der Waals surface area contributed by atoms with Gasteiger partial charge in [-0.15, -0.1) is 0 Å². The van der Waals surface area contributed by atoms with Gasteiger partial charge in [-0.2, -0.15) is 0 Å². The molecular formula is C8H11KO4. The summed E-state index contributed by atoms with van der Waals surface area (Å²) in [5.41, 5.74) is 0. The molecule has 0 aromatic rings. The minimum absolute atomic E-state index is 0. The Kier molecular flexibility index (Phi) is 6.41. The maximum Gasteiger partial charge on any atom is 1.00 e. The van der Waals surface area contributed by atoms with E-state index in [4.69, 9.17) is 5.11 Å². The number of carboxylic acid groups (broad SMARTS) is 2. The third-order valence-corrected chi connectivity index (χ3v) is 2.39. The summed E-state index contributed by atoms with van der Waals surface area (Å²) in [6, 6.07) is 0. The van der Waals surface area contributed by atoms with Gasteiger partial charge in [0.1, 0.15) is 0 Å². The number of carboxylic acids is 2. The van der Waals surface area contributed by atoms with E-state index in [2.05, 4.69) is 0 Å². The number of carbonyl (C=O) groups is 2. The second-order valence-electron chi connectivity index (χ2n) is 3.15. The van der Waals surface area contributed by atoms with Crippen LogP contribution in [-0.4, -0.2) is 17.0 Å². The molecule has 0 heterocycles. The number of carbonyl (C=O) groups excluding carboxylic acids is 1. The Morgan fingerprint density at radius 1 is 1.15 bits per heavy atom. The van der Waals surface area contributed by atoms with Gasteiger partial charge in [0.2, 0.25) is 0 Å². The molecule has 0 amide bonds. The van der Waals surface area contributed by atoms with Gasteiger partial charge in [-0.25, -0.2) is 0 Å². The van der Waals surface area contributed by atoms with Crippen LogP contribution in [0.2, 0.25) is 0 Å². The molecule has 0 bridgehead atoms. The van der Waals surface area contributed by atoms with E-state index in [0.717, 1.165) is 12.8 Å². The third kappa shape index (κ3) is 3.67. The molecule has 0 aromatic carbocycles. The first-order chi connectivity index (χ1) is 5.63. The SMILES string of the molecule is O=C([O-])C1CCCCC1C(=O)O.[K+]. The van der Waals surface area contributed by atoms with E-state index in [1.54, 1.807) is 0 Å². The molecule has 68 valence electrons. The number of hydrogen-bond acceptors (Lipinski definition) is 3. The zero-order valence-electron chi connectivity index (χ0n) is 7.66. The van der Waals surface area contributed by atoms with Crippen LogP contribution >= 0.6 is 0 Å². The molecule has 1 aliphatic carbocycles. The summed E-state index contributed by atoms with van der Waals surface area (Å²) >= 11 is 0. The predicted molar refractivity (Wildman–Crippen MR) is 38.1 cm³/mol. The fourth-order valence-corrected chi connectivity index (χ4v) is 1.71. The van der Waals surface area contributed by atoms with Crippen LogP contribution < -0.4 is 56.5 Å². The van der Waals surface area contributed by atoms with Gasteiger partial charge in [-0.3, -0.25) is 4.79 Å². The molecule has 0 saturated heterocycles. The van der Waals surface area contributed by atoms with E-state index < -0.39 is 23.8 Å². The van der Waals surface area contributed by atoms with Crippen LogP contribution in [0.15, 0.2) is 0 Å². The second-order valence-corrected chi connectivity index (χ2v) is 3.15. The summed E-state index contributed by atoms with van der Waals surface area (Å²) in [5, 5.41) is 19.2. The summed E-state index contributed by atoms with van der Waals surface area (Å²) < 4.78 is 0. The Morgan fingerprint density at radius 3 is 1.92 bits per heavy atom. The standard InChI is InChI=1S/C8H12O4.K/c9-7(10)5-3-1-2-4-6(5)8(11)12;/h5-6H,1-4H2,(H,9,10)(H,11,12);/q;+1/p-1. The average Bonchev–Trinajstić information content (AvgIpc) is 2.04. The maximum atomic E-state index is 10.6. The summed E-state index contributed by atoms with van der Waals surface area (Å²) in [4.78, 5) is 21.1. The second kappa shape index (κ2) is 6.13. The zero-order chi connectivity index (χ0) is 9.14. The smallest absolute Gasteiger partial charge is 0.550 e. The minimum Gasteiger partial charge on any atom is -0.550 e. The molecular weight excluding hydrogens is 199 g/mol. The first-order valence-electron chi connectivity index (χ1n) is 4.06. The molecule has 2 atom stereocenters. The summed E-state index contributed by atoms with van der Waals surface area (Å²) in [7, 11) is 0. The van der Waals surface area contributed by atoms with Crippen molar-refractivity contribution in [2.75, 3.05) is 0 Å². The van der Waals surface area contributed by atoms with Crippen LogP contribution in [0, 0.1) is 11.8 Å². The molecule has 1 saturated carbocycles. The van der Waals surface area contributed by atoms with Gasteiger partial charge in [0.15, 0.2) is 0 Å². The molecule has 0 aliphatic heterocycles. The molecule has 0 radical (unpaired) electrons. The van der Waals surface area contributed by atoms with Crippen molar-refractivity contribution in [2.45, 2.75) is 25.7 Å². The minimum atomic E-state index is -1.22. The van der Waals surface area contributed by atoms with Gasteiger partial charge >= 0.3 is 57.4 Å². The Balaban J connectivity index is 0.00000144. The zero-order valence-corrected chi connectivity index (χ0v) is 10.8. The van der Waals surface area contributed by atoms with Crippen molar-refractivity contribution < 1.29 is 71.2 Å². The van der Waals surface area contributed by atoms with Gasteiger partial charge in [0, 0.05) is 11.9 Å². The molecule has 1 rings (SSSR count). The van der Waals surface area contributed by atoms with E-state index in [1.807, 2.05) is 0 Å². The Labute approximate surface area is 119 Å². The van der Waals surface area contributed by atoms with Crippen molar-refractivity contribution in [3.05, 3.63) is 0 Å². The molecule has 1 aliphatic rings. The van der Waals surface area contributed by atoms with Gasteiger partial charge in [-0.05, 0) is 12.8 Å². The number of rotatable bonds is 2. The molecule has 1 N–H and O–H groups in total. The molecule has 0 spiro atoms. The first-order valence-corrected chi connectivity index (χ1v) is 4.06. The first kappa shape index (κ1) is 13.6. The van der Waals surface area contributed by atoms with E-state index in [9.17, 15) is 14.7 Å². The van der Waals surface area contributed by atoms with Crippen LogP contribution in [0.4, 0.5) is 0 Å². The van der Waals surface area contributed by atoms with Crippen molar-refractivity contribution in [3.8, 4) is 0 Å². The third-order valence-electron chi connectivity index (χ3n) is 2.39. The van der Waals surface area contributed by atoms with Gasteiger partial charge < -0.3 is 15.0 Å². The van der Waals surface area contributed by atoms with Crippen LogP contribution in [0.3, 0.4) is 0 Å². The average molecular weight is 210 g/mol. The monoisotopic (exact) mass is 210 g/mol. The fourth-order valence-electron chi connectivity index (χ4n) is 1.71. The van der Waals surface area contributed by atoms with Crippen molar-refractivity contribution in [2.24, 2.45) is 11.8 Å².